The summed E-state index contributed by atoms with van der Waals surface area (Å²) in [5.41, 5.74) is -0.0128. The molecule has 0 aliphatic carbocycles. The zero-order chi connectivity index (χ0) is 30.2. The van der Waals surface area contributed by atoms with Gasteiger partial charge in [-0.15, -0.1) is 0 Å². The van der Waals surface area contributed by atoms with Gasteiger partial charge < -0.3 is 0 Å². The molecule has 4 aromatic rings. The third kappa shape index (κ3) is 7.13. The van der Waals surface area contributed by atoms with Crippen LogP contribution in [-0.2, 0) is 12.8 Å². The molecule has 0 amide bonds. The van der Waals surface area contributed by atoms with Crippen molar-refractivity contribution in [2.24, 2.45) is 0 Å². The van der Waals surface area contributed by atoms with E-state index in [9.17, 15) is 17.6 Å². The van der Waals surface area contributed by atoms with E-state index in [1.807, 2.05) is 6.92 Å². The summed E-state index contributed by atoms with van der Waals surface area (Å²) in [5, 5.41) is 8.78. The van der Waals surface area contributed by atoms with E-state index in [0.717, 1.165) is 43.2 Å². The van der Waals surface area contributed by atoms with Crippen LogP contribution in [0.1, 0.15) is 48.7 Å². The van der Waals surface area contributed by atoms with E-state index < -0.39 is 40.5 Å². The first-order valence-corrected chi connectivity index (χ1v) is 13.2. The molecule has 4 rings (SSSR count). The van der Waals surface area contributed by atoms with Crippen molar-refractivity contribution in [3.8, 4) is 28.3 Å². The predicted octanol–water partition coefficient (Wildman–Crippen LogP) is 9.38. The molecule has 0 N–H and O–H groups in total. The van der Waals surface area contributed by atoms with Crippen LogP contribution in [0.3, 0.4) is 0 Å². The number of hydrogen-bond acceptors (Lipinski definition) is 3. The molecule has 0 atom stereocenters. The molecular weight excluding hydrogens is 552 g/mol. The summed E-state index contributed by atoms with van der Waals surface area (Å²) in [5.74, 6) is -5.40. The van der Waals surface area contributed by atoms with Crippen molar-refractivity contribution in [2.45, 2.75) is 39.0 Å². The number of allylic oxidation sites excluding steroid dienone is 3. The van der Waals surface area contributed by atoms with Crippen molar-refractivity contribution in [2.75, 3.05) is 0 Å². The first-order chi connectivity index (χ1) is 20.2. The highest BCUT2D eigenvalue weighted by molar-refractivity contribution is 5.73. The van der Waals surface area contributed by atoms with E-state index in [1.165, 1.54) is 42.7 Å². The van der Waals surface area contributed by atoms with Crippen LogP contribution >= 0.6 is 0 Å². The summed E-state index contributed by atoms with van der Waals surface area (Å²) in [7, 11) is 0. The number of aryl methyl sites for hydroxylation is 2. The molecule has 0 saturated heterocycles. The Morgan fingerprint density at radius 3 is 2.00 bits per heavy atom. The Morgan fingerprint density at radius 1 is 0.810 bits per heavy atom. The molecular formula is C33H25F6N3. The largest absolute Gasteiger partial charge is 0.241 e. The minimum Gasteiger partial charge on any atom is -0.241 e. The molecule has 3 aromatic carbocycles. The highest BCUT2D eigenvalue weighted by atomic mass is 19.2. The van der Waals surface area contributed by atoms with Gasteiger partial charge in [0.2, 0.25) is 0 Å². The number of benzene rings is 3. The summed E-state index contributed by atoms with van der Waals surface area (Å²) < 4.78 is 86.3. The topological polar surface area (TPSA) is 49.6 Å². The first-order valence-electron chi connectivity index (χ1n) is 13.2. The normalized spacial score (nSPS) is 12.0. The highest BCUT2D eigenvalue weighted by Crippen LogP contribution is 2.32. The van der Waals surface area contributed by atoms with E-state index in [1.54, 1.807) is 6.08 Å². The molecule has 0 fully saturated rings. The van der Waals surface area contributed by atoms with Crippen molar-refractivity contribution in [1.82, 2.24) is 9.97 Å². The Hall–Kier alpha value is -4.71. The van der Waals surface area contributed by atoms with Gasteiger partial charge >= 0.3 is 0 Å². The second kappa shape index (κ2) is 13.8. The molecule has 9 heteroatoms. The molecule has 0 aliphatic rings. The lowest BCUT2D eigenvalue weighted by molar-refractivity contribution is 0.572. The number of nitriles is 1. The summed E-state index contributed by atoms with van der Waals surface area (Å²) in [6.07, 6.45) is 7.99. The van der Waals surface area contributed by atoms with Crippen LogP contribution in [0.25, 0.3) is 28.1 Å². The predicted molar refractivity (Wildman–Crippen MR) is 149 cm³/mol. The van der Waals surface area contributed by atoms with Crippen LogP contribution in [0.15, 0.2) is 78.9 Å². The molecule has 0 radical (unpaired) electrons. The van der Waals surface area contributed by atoms with Crippen molar-refractivity contribution < 1.29 is 26.3 Å². The maximum atomic E-state index is 15.1. The van der Waals surface area contributed by atoms with Gasteiger partial charge in [0.25, 0.3) is 0 Å². The standard InChI is InChI=1S/C33H25F6N3/c1-2-3-4-5-6-26(34)33(39)22-10-8-21(9-11-22)23-15-29(37)32(30(38)16-23)24-18-41-31(42-19-24)12-7-20-13-27(35)25(17-40)28(36)14-20/h5-6,8-11,13-16,18-19H,2-4,7,12H2,1H3. The fourth-order valence-corrected chi connectivity index (χ4v) is 4.29. The van der Waals surface area contributed by atoms with Crippen molar-refractivity contribution >= 4 is 5.83 Å². The van der Waals surface area contributed by atoms with Gasteiger partial charge in [0.1, 0.15) is 40.7 Å². The third-order valence-corrected chi connectivity index (χ3v) is 6.56. The van der Waals surface area contributed by atoms with Crippen molar-refractivity contribution in [1.29, 1.82) is 5.26 Å². The van der Waals surface area contributed by atoms with Crippen LogP contribution in [0.4, 0.5) is 26.3 Å². The SMILES string of the molecule is CCCCC=CC(F)=C(F)c1ccc(-c2cc(F)c(-c3cnc(CCc4cc(F)c(C#N)c(F)c4)nc3)c(F)c2)cc1. The van der Waals surface area contributed by atoms with Gasteiger partial charge in [-0.1, -0.05) is 50.1 Å². The van der Waals surface area contributed by atoms with Crippen molar-refractivity contribution in [3.63, 3.8) is 0 Å². The van der Waals surface area contributed by atoms with Crippen LogP contribution in [0, 0.1) is 34.6 Å². The second-order valence-electron chi connectivity index (χ2n) is 9.53. The monoisotopic (exact) mass is 577 g/mol. The Labute approximate surface area is 239 Å². The van der Waals surface area contributed by atoms with Gasteiger partial charge in [0.15, 0.2) is 11.7 Å². The summed E-state index contributed by atoms with van der Waals surface area (Å²) >= 11 is 0. The Bertz CT molecular complexity index is 1620. The lowest BCUT2D eigenvalue weighted by atomic mass is 9.99. The maximum absolute atomic E-state index is 15.1. The van der Waals surface area contributed by atoms with Crippen LogP contribution in [0.2, 0.25) is 0 Å². The second-order valence-corrected chi connectivity index (χ2v) is 9.53. The van der Waals surface area contributed by atoms with E-state index in [2.05, 4.69) is 9.97 Å². The van der Waals surface area contributed by atoms with Gasteiger partial charge in [-0.2, -0.15) is 5.26 Å². The van der Waals surface area contributed by atoms with E-state index in [4.69, 9.17) is 5.26 Å². The summed E-state index contributed by atoms with van der Waals surface area (Å²) in [4.78, 5) is 8.24. The van der Waals surface area contributed by atoms with E-state index in [0.29, 0.717) is 17.5 Å². The van der Waals surface area contributed by atoms with Crippen LogP contribution < -0.4 is 0 Å². The smallest absolute Gasteiger partial charge is 0.166 e. The first kappa shape index (κ1) is 30.3. The molecule has 42 heavy (non-hydrogen) atoms. The molecule has 0 saturated carbocycles. The number of hydrogen-bond donors (Lipinski definition) is 0. The number of halogens is 6. The average Bonchev–Trinajstić information content (AvgIpc) is 2.98. The Balaban J connectivity index is 1.47. The number of nitrogens with zero attached hydrogens (tertiary/aromatic N) is 3. The lowest BCUT2D eigenvalue weighted by Crippen LogP contribution is -2.01. The van der Waals surface area contributed by atoms with Gasteiger partial charge in [-0.05, 0) is 59.9 Å². The van der Waals surface area contributed by atoms with E-state index in [-0.39, 0.29) is 40.9 Å². The van der Waals surface area contributed by atoms with Gasteiger partial charge in [0.05, 0.1) is 5.56 Å². The van der Waals surface area contributed by atoms with Gasteiger partial charge in [-0.3, -0.25) is 0 Å². The quantitative estimate of drug-likeness (QED) is 0.107. The lowest BCUT2D eigenvalue weighted by Gasteiger charge is -2.10. The molecule has 0 aliphatic heterocycles. The minimum absolute atomic E-state index is 0.000598. The molecule has 0 bridgehead atoms. The van der Waals surface area contributed by atoms with Gasteiger partial charge in [-0.25, -0.2) is 36.3 Å². The average molecular weight is 578 g/mol. The number of aromatic nitrogens is 2. The fourth-order valence-electron chi connectivity index (χ4n) is 4.29. The van der Waals surface area contributed by atoms with Gasteiger partial charge in [0, 0.05) is 29.9 Å². The summed E-state index contributed by atoms with van der Waals surface area (Å²) in [6.45, 7) is 2.00. The van der Waals surface area contributed by atoms with E-state index >= 15 is 8.78 Å². The minimum atomic E-state index is -1.03. The molecule has 1 aromatic heterocycles. The zero-order valence-electron chi connectivity index (χ0n) is 22.6. The molecule has 0 unspecified atom stereocenters. The number of unbranched alkanes of at least 4 members (excludes halogenated alkanes) is 2. The van der Waals surface area contributed by atoms with Crippen LogP contribution in [-0.4, -0.2) is 9.97 Å². The number of rotatable bonds is 10. The zero-order valence-corrected chi connectivity index (χ0v) is 22.6. The van der Waals surface area contributed by atoms with Crippen LogP contribution in [0.5, 0.6) is 0 Å². The molecule has 214 valence electrons. The molecule has 0 spiro atoms. The van der Waals surface area contributed by atoms with Crippen molar-refractivity contribution in [3.05, 3.63) is 125 Å². The fraction of sp³-hybridized carbons (Fsp3) is 0.182. The highest BCUT2D eigenvalue weighted by Gasteiger charge is 2.16. The molecule has 3 nitrogen and oxygen atoms in total. The molecule has 1 heterocycles. The third-order valence-electron chi connectivity index (χ3n) is 6.56. The Morgan fingerprint density at radius 2 is 1.43 bits per heavy atom. The summed E-state index contributed by atoms with van der Waals surface area (Å²) in [6, 6.07) is 11.4. The maximum Gasteiger partial charge on any atom is 0.166 e. The Kier molecular flexibility index (Phi) is 9.92.